The Hall–Kier alpha value is -9.19. The lowest BCUT2D eigenvalue weighted by atomic mass is 9.67. The molecule has 69 heavy (non-hydrogen) atoms. The molecule has 1 aliphatic carbocycles. The third-order valence-corrected chi connectivity index (χ3v) is 14.0. The summed E-state index contributed by atoms with van der Waals surface area (Å²) in [6.07, 6.45) is 0. The Balaban J connectivity index is 0.958. The molecule has 5 nitrogen and oxygen atoms in total. The van der Waals surface area contributed by atoms with Crippen molar-refractivity contribution >= 4 is 43.9 Å². The number of para-hydroxylation sites is 1. The molecule has 0 aliphatic heterocycles. The van der Waals surface area contributed by atoms with Crippen molar-refractivity contribution in [1.82, 2.24) is 15.0 Å². The number of fused-ring (bicyclic) bond motifs is 9. The highest BCUT2D eigenvalue weighted by Crippen LogP contribution is 2.57. The Labute approximate surface area is 397 Å². The van der Waals surface area contributed by atoms with Gasteiger partial charge in [-0.05, 0) is 110 Å². The van der Waals surface area contributed by atoms with Crippen molar-refractivity contribution < 1.29 is 8.83 Å². The van der Waals surface area contributed by atoms with Gasteiger partial charge in [0, 0.05) is 38.2 Å². The molecule has 5 heteroatoms. The number of hydrogen-bond acceptors (Lipinski definition) is 5. The third-order valence-electron chi connectivity index (χ3n) is 14.0. The minimum atomic E-state index is -0.506. The van der Waals surface area contributed by atoms with E-state index in [1.165, 1.54) is 33.4 Å². The Bertz CT molecular complexity index is 4100. The lowest BCUT2D eigenvalue weighted by molar-refractivity contribution is 0.668. The van der Waals surface area contributed by atoms with Gasteiger partial charge < -0.3 is 8.83 Å². The second kappa shape index (κ2) is 15.4. The van der Waals surface area contributed by atoms with Crippen molar-refractivity contribution in [3.63, 3.8) is 0 Å². The first-order chi connectivity index (χ1) is 34.2. The molecule has 3 heterocycles. The number of benzene rings is 10. The van der Waals surface area contributed by atoms with E-state index in [-0.39, 0.29) is 0 Å². The van der Waals surface area contributed by atoms with Crippen molar-refractivity contribution in [2.45, 2.75) is 5.41 Å². The average Bonchev–Trinajstić information content (AvgIpc) is 4.09. The molecule has 0 saturated carbocycles. The SMILES string of the molecule is c1ccc(-c2cccc(-c3nc(-c4ccc5oc6ccccc6c5c4)nc(-c4cccc5oc6ccc(-c7ccc8c(c7)C(c7ccccc7)(c7ccccc7)c7ccccc7-8)cc6c45)n3)c2)cc1. The topological polar surface area (TPSA) is 65.0 Å². The van der Waals surface area contributed by atoms with E-state index in [1.807, 2.05) is 48.5 Å². The van der Waals surface area contributed by atoms with Gasteiger partial charge in [0.2, 0.25) is 0 Å². The van der Waals surface area contributed by atoms with E-state index in [0.717, 1.165) is 82.8 Å². The number of aromatic nitrogens is 3. The summed E-state index contributed by atoms with van der Waals surface area (Å²) in [4.78, 5) is 15.8. The Morgan fingerprint density at radius 1 is 0.275 bits per heavy atom. The van der Waals surface area contributed by atoms with E-state index in [1.54, 1.807) is 0 Å². The van der Waals surface area contributed by atoms with Crippen LogP contribution in [0.5, 0.6) is 0 Å². The average molecular weight is 882 g/mol. The predicted octanol–water partition coefficient (Wildman–Crippen LogP) is 16.4. The molecule has 322 valence electrons. The van der Waals surface area contributed by atoms with Crippen LogP contribution in [0.25, 0.3) is 111 Å². The lowest BCUT2D eigenvalue weighted by Gasteiger charge is -2.34. The molecule has 0 fully saturated rings. The fraction of sp³-hybridized carbons (Fsp3) is 0.0156. The van der Waals surface area contributed by atoms with Crippen LogP contribution < -0.4 is 0 Å². The van der Waals surface area contributed by atoms with Crippen LogP contribution in [0.3, 0.4) is 0 Å². The van der Waals surface area contributed by atoms with E-state index >= 15 is 0 Å². The molecule has 0 amide bonds. The van der Waals surface area contributed by atoms with Crippen molar-refractivity contribution in [2.75, 3.05) is 0 Å². The second-order valence-corrected chi connectivity index (χ2v) is 17.8. The van der Waals surface area contributed by atoms with Gasteiger partial charge in [-0.2, -0.15) is 0 Å². The molecule has 14 rings (SSSR count). The molecule has 1 aliphatic rings. The van der Waals surface area contributed by atoms with Gasteiger partial charge >= 0.3 is 0 Å². The van der Waals surface area contributed by atoms with E-state index in [9.17, 15) is 0 Å². The summed E-state index contributed by atoms with van der Waals surface area (Å²) in [5.74, 6) is 1.70. The number of hydrogen-bond donors (Lipinski definition) is 0. The quantitative estimate of drug-likeness (QED) is 0.160. The maximum atomic E-state index is 6.66. The van der Waals surface area contributed by atoms with Gasteiger partial charge in [-0.25, -0.2) is 15.0 Å². The summed E-state index contributed by atoms with van der Waals surface area (Å²) in [6, 6.07) is 83.6. The second-order valence-electron chi connectivity index (χ2n) is 17.8. The normalized spacial score (nSPS) is 12.8. The van der Waals surface area contributed by atoms with Crippen LogP contribution in [0.4, 0.5) is 0 Å². The zero-order valence-corrected chi connectivity index (χ0v) is 37.2. The zero-order chi connectivity index (χ0) is 45.5. The molecule has 0 radical (unpaired) electrons. The van der Waals surface area contributed by atoms with Crippen LogP contribution in [0.1, 0.15) is 22.3 Å². The Morgan fingerprint density at radius 2 is 0.768 bits per heavy atom. The largest absolute Gasteiger partial charge is 0.456 e. The van der Waals surface area contributed by atoms with Crippen LogP contribution in [0.2, 0.25) is 0 Å². The summed E-state index contributed by atoms with van der Waals surface area (Å²) >= 11 is 0. The van der Waals surface area contributed by atoms with E-state index < -0.39 is 5.41 Å². The minimum absolute atomic E-state index is 0.506. The van der Waals surface area contributed by atoms with E-state index in [4.69, 9.17) is 23.8 Å². The highest BCUT2D eigenvalue weighted by molar-refractivity contribution is 6.13. The van der Waals surface area contributed by atoms with Gasteiger partial charge in [-0.1, -0.05) is 182 Å². The van der Waals surface area contributed by atoms with Crippen LogP contribution in [-0.2, 0) is 5.41 Å². The lowest BCUT2D eigenvalue weighted by Crippen LogP contribution is -2.28. The summed E-state index contributed by atoms with van der Waals surface area (Å²) in [5, 5.41) is 3.99. The molecule has 0 atom stereocenters. The molecule has 3 aromatic heterocycles. The molecule has 0 bridgehead atoms. The van der Waals surface area contributed by atoms with Crippen molar-refractivity contribution in [3.05, 3.63) is 259 Å². The van der Waals surface area contributed by atoms with Gasteiger partial charge in [-0.15, -0.1) is 0 Å². The van der Waals surface area contributed by atoms with Gasteiger partial charge in [0.05, 0.1) is 5.41 Å². The number of rotatable bonds is 7. The molecular formula is C64H39N3O2. The van der Waals surface area contributed by atoms with Crippen molar-refractivity contribution in [2.24, 2.45) is 0 Å². The standard InChI is InChI=1S/C64H39N3O2/c1-4-16-40(17-5-1)41-18-14-19-44(36-41)61-65-62(45-32-35-57-52(38-45)50-25-11-13-28-56(50)68-57)67-63(66-61)51-26-15-29-59-60(51)53-37-42(31-34-58(53)69-59)43-30-33-49-48-24-10-12-27-54(48)64(55(49)39-43,46-20-6-2-7-21-46)47-22-8-3-9-23-47/h1-39H. The van der Waals surface area contributed by atoms with Crippen LogP contribution in [-0.4, -0.2) is 15.0 Å². The van der Waals surface area contributed by atoms with Gasteiger partial charge in [0.1, 0.15) is 22.3 Å². The number of furan rings is 2. The van der Waals surface area contributed by atoms with Crippen LogP contribution in [0, 0.1) is 0 Å². The maximum Gasteiger partial charge on any atom is 0.164 e. The van der Waals surface area contributed by atoms with Crippen LogP contribution in [0.15, 0.2) is 245 Å². The molecule has 13 aromatic rings. The van der Waals surface area contributed by atoms with Gasteiger partial charge in [0.15, 0.2) is 17.5 Å². The third kappa shape index (κ3) is 6.14. The Morgan fingerprint density at radius 3 is 1.57 bits per heavy atom. The van der Waals surface area contributed by atoms with Crippen molar-refractivity contribution in [1.29, 1.82) is 0 Å². The molecule has 0 unspecified atom stereocenters. The zero-order valence-electron chi connectivity index (χ0n) is 37.2. The number of nitrogens with zero attached hydrogens (tertiary/aromatic N) is 3. The first-order valence-corrected chi connectivity index (χ1v) is 23.3. The molecule has 0 saturated heterocycles. The molecule has 10 aromatic carbocycles. The fourth-order valence-electron chi connectivity index (χ4n) is 10.9. The summed E-state index contributed by atoms with van der Waals surface area (Å²) in [5.41, 5.74) is 17.3. The van der Waals surface area contributed by atoms with E-state index in [0.29, 0.717) is 17.5 Å². The van der Waals surface area contributed by atoms with Gasteiger partial charge in [0.25, 0.3) is 0 Å². The van der Waals surface area contributed by atoms with Crippen molar-refractivity contribution in [3.8, 4) is 67.5 Å². The van der Waals surface area contributed by atoms with Crippen LogP contribution >= 0.6 is 0 Å². The summed E-state index contributed by atoms with van der Waals surface area (Å²) in [7, 11) is 0. The first kappa shape index (κ1) is 39.0. The fourth-order valence-corrected chi connectivity index (χ4v) is 10.9. The molecule has 0 N–H and O–H groups in total. The molecule has 0 spiro atoms. The highest BCUT2D eigenvalue weighted by atomic mass is 16.3. The molecular weight excluding hydrogens is 843 g/mol. The van der Waals surface area contributed by atoms with Gasteiger partial charge in [-0.3, -0.25) is 0 Å². The van der Waals surface area contributed by atoms with E-state index in [2.05, 4.69) is 188 Å². The first-order valence-electron chi connectivity index (χ1n) is 23.3. The summed E-state index contributed by atoms with van der Waals surface area (Å²) in [6.45, 7) is 0. The maximum absolute atomic E-state index is 6.66. The summed E-state index contributed by atoms with van der Waals surface area (Å²) < 4.78 is 12.9. The smallest absolute Gasteiger partial charge is 0.164 e. The Kier molecular flexibility index (Phi) is 8.73. The minimum Gasteiger partial charge on any atom is -0.456 e. The highest BCUT2D eigenvalue weighted by Gasteiger charge is 2.46. The predicted molar refractivity (Wildman–Crippen MR) is 279 cm³/mol. The monoisotopic (exact) mass is 881 g/mol.